The molecule has 0 saturated carbocycles. The Morgan fingerprint density at radius 2 is 1.12 bits per heavy atom. The van der Waals surface area contributed by atoms with Gasteiger partial charge in [0, 0.05) is 55.7 Å². The van der Waals surface area contributed by atoms with Gasteiger partial charge in [-0.25, -0.2) is 15.0 Å². The molecule has 0 fully saturated rings. The second-order valence-electron chi connectivity index (χ2n) is 14.7. The van der Waals surface area contributed by atoms with Crippen LogP contribution in [0.15, 0.2) is 185 Å². The molecule has 0 spiro atoms. The van der Waals surface area contributed by atoms with Crippen LogP contribution in [-0.2, 0) is 0 Å². The van der Waals surface area contributed by atoms with Crippen LogP contribution in [0.3, 0.4) is 0 Å². The van der Waals surface area contributed by atoms with Gasteiger partial charge >= 0.3 is 0 Å². The molecule has 2 unspecified atom stereocenters. The van der Waals surface area contributed by atoms with Gasteiger partial charge in [0.1, 0.15) is 22.5 Å². The van der Waals surface area contributed by atoms with Crippen LogP contribution >= 0.6 is 0 Å². The summed E-state index contributed by atoms with van der Waals surface area (Å²) in [6, 6.07) is 58.8. The summed E-state index contributed by atoms with van der Waals surface area (Å²) in [5.41, 5.74) is 12.2. The first kappa shape index (κ1) is 31.7. The molecule has 1 aliphatic heterocycles. The number of benzene rings is 7. The van der Waals surface area contributed by atoms with Gasteiger partial charge in [0.05, 0.1) is 6.04 Å². The SMILES string of the molecule is C1=CC2C(c3ccccc3N2c2ccccc2)c2c1oc1cccc(-c3nc(-c4ccc(-c5ccccc5)cc4)nc(-c4ccc5oc6ccccc6c5c4)n3)c21. The molecule has 4 heterocycles. The summed E-state index contributed by atoms with van der Waals surface area (Å²) >= 11 is 0. The number of fused-ring (bicyclic) bond motifs is 10. The number of anilines is 2. The molecule has 10 aromatic rings. The van der Waals surface area contributed by atoms with Crippen molar-refractivity contribution in [3.63, 3.8) is 0 Å². The first-order valence-corrected chi connectivity index (χ1v) is 19.3. The lowest BCUT2D eigenvalue weighted by Gasteiger charge is -2.30. The van der Waals surface area contributed by atoms with Gasteiger partial charge in [-0.15, -0.1) is 0 Å². The molecule has 0 bridgehead atoms. The Morgan fingerprint density at radius 3 is 1.98 bits per heavy atom. The molecular formula is C51H32N4O2. The van der Waals surface area contributed by atoms with Crippen LogP contribution in [-0.4, -0.2) is 21.0 Å². The van der Waals surface area contributed by atoms with Crippen molar-refractivity contribution < 1.29 is 8.83 Å². The van der Waals surface area contributed by atoms with Crippen LogP contribution in [0.5, 0.6) is 0 Å². The number of nitrogens with zero attached hydrogens (tertiary/aromatic N) is 4. The maximum atomic E-state index is 6.70. The number of rotatable bonds is 5. The number of para-hydroxylation sites is 3. The van der Waals surface area contributed by atoms with Gasteiger partial charge in [0.25, 0.3) is 0 Å². The molecule has 12 rings (SSSR count). The molecule has 7 aromatic carbocycles. The third-order valence-electron chi connectivity index (χ3n) is 11.5. The Morgan fingerprint density at radius 1 is 0.474 bits per heavy atom. The molecular weight excluding hydrogens is 701 g/mol. The van der Waals surface area contributed by atoms with E-state index in [1.54, 1.807) is 0 Å². The molecule has 0 N–H and O–H groups in total. The highest BCUT2D eigenvalue weighted by Gasteiger charge is 2.43. The third kappa shape index (κ3) is 5.00. The average Bonchev–Trinajstić information content (AvgIpc) is 3.96. The molecule has 57 heavy (non-hydrogen) atoms. The van der Waals surface area contributed by atoms with Gasteiger partial charge in [-0.2, -0.15) is 0 Å². The van der Waals surface area contributed by atoms with Gasteiger partial charge in [-0.05, 0) is 71.3 Å². The predicted octanol–water partition coefficient (Wildman–Crippen LogP) is 12.9. The van der Waals surface area contributed by atoms with E-state index in [1.165, 1.54) is 11.3 Å². The van der Waals surface area contributed by atoms with Gasteiger partial charge in [0.2, 0.25) is 0 Å². The summed E-state index contributed by atoms with van der Waals surface area (Å²) in [7, 11) is 0. The first-order valence-electron chi connectivity index (χ1n) is 19.3. The molecule has 6 nitrogen and oxygen atoms in total. The summed E-state index contributed by atoms with van der Waals surface area (Å²) in [5, 5.41) is 3.10. The van der Waals surface area contributed by atoms with Crippen molar-refractivity contribution in [2.75, 3.05) is 4.90 Å². The normalized spacial score (nSPS) is 15.6. The Balaban J connectivity index is 1.06. The van der Waals surface area contributed by atoms with Crippen LogP contribution in [0.4, 0.5) is 11.4 Å². The van der Waals surface area contributed by atoms with Gasteiger partial charge < -0.3 is 13.7 Å². The fourth-order valence-corrected chi connectivity index (χ4v) is 8.94. The standard InChI is InChI=1S/C51H32N4O2/c1-3-12-31(13-4-1)32-22-24-33(25-23-32)49-52-50(34-26-28-43-39(30-34)36-16-8-10-20-42(36)56-43)54-51(53-49)38-18-11-21-44-47(38)48-45(57-44)29-27-41-46(48)37-17-7-9-19-40(37)55(41)35-14-5-2-6-15-35/h1-30,41,46H. The van der Waals surface area contributed by atoms with Crippen molar-refractivity contribution >= 4 is 50.4 Å². The monoisotopic (exact) mass is 732 g/mol. The van der Waals surface area contributed by atoms with Crippen molar-refractivity contribution in [1.82, 2.24) is 15.0 Å². The number of furan rings is 2. The number of hydrogen-bond acceptors (Lipinski definition) is 6. The minimum Gasteiger partial charge on any atom is -0.456 e. The molecule has 1 aliphatic carbocycles. The van der Waals surface area contributed by atoms with E-state index in [0.29, 0.717) is 17.5 Å². The van der Waals surface area contributed by atoms with Crippen molar-refractivity contribution in [2.24, 2.45) is 0 Å². The lowest BCUT2D eigenvalue weighted by molar-refractivity contribution is 0.584. The lowest BCUT2D eigenvalue weighted by Crippen LogP contribution is -2.30. The second-order valence-corrected chi connectivity index (χ2v) is 14.7. The minimum absolute atomic E-state index is 0.0342. The smallest absolute Gasteiger partial charge is 0.164 e. The predicted molar refractivity (Wildman–Crippen MR) is 228 cm³/mol. The van der Waals surface area contributed by atoms with E-state index in [9.17, 15) is 0 Å². The average molecular weight is 733 g/mol. The fraction of sp³-hybridized carbons (Fsp3) is 0.0392. The molecule has 0 radical (unpaired) electrons. The number of hydrogen-bond donors (Lipinski definition) is 0. The van der Waals surface area contributed by atoms with Crippen LogP contribution in [0.2, 0.25) is 0 Å². The van der Waals surface area contributed by atoms with Crippen molar-refractivity contribution in [3.05, 3.63) is 193 Å². The second kappa shape index (κ2) is 12.5. The summed E-state index contributed by atoms with van der Waals surface area (Å²) < 4.78 is 12.9. The van der Waals surface area contributed by atoms with E-state index < -0.39 is 0 Å². The Hall–Kier alpha value is -7.57. The molecule has 2 atom stereocenters. The maximum absolute atomic E-state index is 6.70. The van der Waals surface area contributed by atoms with E-state index in [-0.39, 0.29) is 12.0 Å². The molecule has 0 saturated heterocycles. The van der Waals surface area contributed by atoms with E-state index >= 15 is 0 Å². The van der Waals surface area contributed by atoms with Crippen LogP contribution in [0.1, 0.15) is 22.8 Å². The number of aromatic nitrogens is 3. The lowest BCUT2D eigenvalue weighted by atomic mass is 9.82. The highest BCUT2D eigenvalue weighted by molar-refractivity contribution is 6.06. The summed E-state index contributed by atoms with van der Waals surface area (Å²) in [5.74, 6) is 2.67. The fourth-order valence-electron chi connectivity index (χ4n) is 8.94. The Kier molecular flexibility index (Phi) is 6.95. The first-order chi connectivity index (χ1) is 28.2. The van der Waals surface area contributed by atoms with Gasteiger partial charge in [0.15, 0.2) is 17.5 Å². The van der Waals surface area contributed by atoms with Gasteiger partial charge in [-0.1, -0.05) is 127 Å². The van der Waals surface area contributed by atoms with Gasteiger partial charge in [-0.3, -0.25) is 0 Å². The summed E-state index contributed by atoms with van der Waals surface area (Å²) in [6.45, 7) is 0. The summed E-state index contributed by atoms with van der Waals surface area (Å²) in [6.07, 6.45) is 4.43. The third-order valence-corrected chi connectivity index (χ3v) is 11.5. The van der Waals surface area contributed by atoms with E-state index in [4.69, 9.17) is 23.8 Å². The van der Waals surface area contributed by atoms with Crippen molar-refractivity contribution in [3.8, 4) is 45.3 Å². The highest BCUT2D eigenvalue weighted by atomic mass is 16.3. The zero-order chi connectivity index (χ0) is 37.5. The molecule has 0 amide bonds. The summed E-state index contributed by atoms with van der Waals surface area (Å²) in [4.78, 5) is 18.2. The van der Waals surface area contributed by atoms with E-state index in [2.05, 4.69) is 144 Å². The van der Waals surface area contributed by atoms with Crippen molar-refractivity contribution in [2.45, 2.75) is 12.0 Å². The topological polar surface area (TPSA) is 68.2 Å². The zero-order valence-electron chi connectivity index (χ0n) is 30.6. The highest BCUT2D eigenvalue weighted by Crippen LogP contribution is 2.54. The van der Waals surface area contributed by atoms with E-state index in [1.807, 2.05) is 42.5 Å². The molecule has 268 valence electrons. The molecule has 3 aromatic heterocycles. The van der Waals surface area contributed by atoms with Crippen LogP contribution in [0.25, 0.3) is 84.3 Å². The Bertz CT molecular complexity index is 3200. The Labute approximate surface area is 328 Å². The van der Waals surface area contributed by atoms with Crippen LogP contribution in [0, 0.1) is 0 Å². The maximum Gasteiger partial charge on any atom is 0.164 e. The van der Waals surface area contributed by atoms with Crippen molar-refractivity contribution in [1.29, 1.82) is 0 Å². The zero-order valence-corrected chi connectivity index (χ0v) is 30.6. The minimum atomic E-state index is 0.0342. The molecule has 6 heteroatoms. The van der Waals surface area contributed by atoms with Crippen LogP contribution < -0.4 is 4.90 Å². The quantitative estimate of drug-likeness (QED) is 0.175. The van der Waals surface area contributed by atoms with E-state index in [0.717, 1.165) is 77.7 Å². The molecule has 2 aliphatic rings. The largest absolute Gasteiger partial charge is 0.456 e.